The van der Waals surface area contributed by atoms with Gasteiger partial charge in [0.25, 0.3) is 0 Å². The number of thiophene rings is 1. The maximum atomic E-state index is 12.7. The molecule has 1 aliphatic carbocycles. The molecule has 0 unspecified atom stereocenters. The van der Waals surface area contributed by atoms with Crippen molar-refractivity contribution in [3.63, 3.8) is 0 Å². The Hall–Kier alpha value is -2.07. The van der Waals surface area contributed by atoms with Crippen molar-refractivity contribution < 1.29 is 14.3 Å². The summed E-state index contributed by atoms with van der Waals surface area (Å²) in [5.41, 5.74) is 2.30. The Bertz CT molecular complexity index is 1210. The van der Waals surface area contributed by atoms with E-state index in [0.29, 0.717) is 31.6 Å². The number of rotatable bonds is 6. The largest absolute Gasteiger partial charge is 0.465 e. The van der Waals surface area contributed by atoms with E-state index in [2.05, 4.69) is 15.5 Å². The Labute approximate surface area is 209 Å². The van der Waals surface area contributed by atoms with Gasteiger partial charge in [-0.05, 0) is 49.4 Å². The second kappa shape index (κ2) is 10.5. The number of nitrogens with zero attached hydrogens (tertiary/aromatic N) is 3. The summed E-state index contributed by atoms with van der Waals surface area (Å²) in [6.45, 7) is 0. The number of hydrogen-bond acceptors (Lipinski definition) is 7. The van der Waals surface area contributed by atoms with Crippen molar-refractivity contribution in [2.24, 2.45) is 7.05 Å². The van der Waals surface area contributed by atoms with Gasteiger partial charge in [0.15, 0.2) is 11.0 Å². The van der Waals surface area contributed by atoms with Crippen LogP contribution >= 0.6 is 46.3 Å². The molecule has 1 aliphatic rings. The molecule has 0 aliphatic heterocycles. The predicted molar refractivity (Wildman–Crippen MR) is 133 cm³/mol. The number of esters is 1. The molecule has 2 heterocycles. The molecule has 0 atom stereocenters. The molecule has 0 spiro atoms. The lowest BCUT2D eigenvalue weighted by Gasteiger charge is -2.08. The van der Waals surface area contributed by atoms with Crippen molar-refractivity contribution in [2.45, 2.75) is 37.3 Å². The van der Waals surface area contributed by atoms with Crippen LogP contribution in [0.3, 0.4) is 0 Å². The number of methoxy groups -OCH3 is 1. The second-order valence-corrected chi connectivity index (χ2v) is 10.5. The highest BCUT2D eigenvalue weighted by molar-refractivity contribution is 7.99. The van der Waals surface area contributed by atoms with Gasteiger partial charge in [0.2, 0.25) is 5.91 Å². The normalized spacial score (nSPS) is 13.3. The summed E-state index contributed by atoms with van der Waals surface area (Å²) in [6, 6.07) is 5.24. The second-order valence-electron chi connectivity index (χ2n) is 7.59. The molecule has 0 radical (unpaired) electrons. The van der Waals surface area contributed by atoms with E-state index in [-0.39, 0.29) is 11.7 Å². The lowest BCUT2D eigenvalue weighted by atomic mass is 10.1. The average molecular weight is 525 g/mol. The highest BCUT2D eigenvalue weighted by Crippen LogP contribution is 2.38. The number of anilines is 1. The smallest absolute Gasteiger partial charge is 0.341 e. The maximum Gasteiger partial charge on any atom is 0.341 e. The third-order valence-electron chi connectivity index (χ3n) is 5.41. The number of hydrogen-bond donors (Lipinski definition) is 1. The van der Waals surface area contributed by atoms with Crippen LogP contribution in [0.15, 0.2) is 23.4 Å². The molecule has 0 saturated heterocycles. The van der Waals surface area contributed by atoms with Crippen molar-refractivity contribution >= 4 is 63.2 Å². The van der Waals surface area contributed by atoms with Crippen LogP contribution in [0, 0.1) is 0 Å². The number of nitrogens with one attached hydrogen (secondary N) is 1. The van der Waals surface area contributed by atoms with Gasteiger partial charge in [0.1, 0.15) is 5.00 Å². The lowest BCUT2D eigenvalue weighted by molar-refractivity contribution is -0.113. The molecule has 33 heavy (non-hydrogen) atoms. The number of benzene rings is 1. The van der Waals surface area contributed by atoms with Crippen molar-refractivity contribution in [3.05, 3.63) is 44.2 Å². The first-order valence-electron chi connectivity index (χ1n) is 10.4. The van der Waals surface area contributed by atoms with Gasteiger partial charge in [-0.25, -0.2) is 4.79 Å². The minimum atomic E-state index is -0.406. The highest BCUT2D eigenvalue weighted by atomic mass is 35.5. The first-order chi connectivity index (χ1) is 15.9. The minimum Gasteiger partial charge on any atom is -0.465 e. The van der Waals surface area contributed by atoms with Crippen LogP contribution in [-0.4, -0.2) is 39.5 Å². The Balaban J connectivity index is 1.47. The van der Waals surface area contributed by atoms with Crippen LogP contribution in [-0.2, 0) is 29.4 Å². The summed E-state index contributed by atoms with van der Waals surface area (Å²) in [5, 5.41) is 13.4. The molecule has 0 saturated carbocycles. The predicted octanol–water partition coefficient (Wildman–Crippen LogP) is 5.64. The van der Waals surface area contributed by atoms with E-state index >= 15 is 0 Å². The van der Waals surface area contributed by atoms with E-state index < -0.39 is 5.97 Å². The zero-order valence-electron chi connectivity index (χ0n) is 18.1. The number of carbonyl (C=O) groups excluding carboxylic acids is 2. The molecule has 1 N–H and O–H groups in total. The molecular formula is C22H22Cl2N4O3S2. The van der Waals surface area contributed by atoms with Crippen LogP contribution in [0.25, 0.3) is 11.4 Å². The average Bonchev–Trinajstić information content (AvgIpc) is 3.24. The molecule has 0 bridgehead atoms. The van der Waals surface area contributed by atoms with Crippen molar-refractivity contribution in [1.82, 2.24) is 14.8 Å². The number of aromatic nitrogens is 3. The van der Waals surface area contributed by atoms with E-state index in [1.165, 1.54) is 30.2 Å². The number of ether oxygens (including phenoxy) is 1. The Morgan fingerprint density at radius 1 is 1.18 bits per heavy atom. The topological polar surface area (TPSA) is 86.1 Å². The lowest BCUT2D eigenvalue weighted by Crippen LogP contribution is -2.16. The molecule has 11 heteroatoms. The van der Waals surface area contributed by atoms with E-state index in [0.717, 1.165) is 48.1 Å². The number of thioether (sulfide) groups is 1. The fourth-order valence-corrected chi connectivity index (χ4v) is 6.07. The molecule has 1 aromatic carbocycles. The van der Waals surface area contributed by atoms with Crippen LogP contribution in [0.4, 0.5) is 5.00 Å². The zero-order valence-corrected chi connectivity index (χ0v) is 21.3. The Morgan fingerprint density at radius 2 is 1.97 bits per heavy atom. The minimum absolute atomic E-state index is 0.122. The van der Waals surface area contributed by atoms with E-state index in [4.69, 9.17) is 27.9 Å². The summed E-state index contributed by atoms with van der Waals surface area (Å²) in [5.74, 6) is 0.111. The van der Waals surface area contributed by atoms with Gasteiger partial charge in [-0.3, -0.25) is 4.79 Å². The summed E-state index contributed by atoms with van der Waals surface area (Å²) >= 11 is 14.8. The number of aryl methyl sites for hydroxylation is 1. The molecule has 0 fully saturated rings. The van der Waals surface area contributed by atoms with Gasteiger partial charge in [0, 0.05) is 17.5 Å². The summed E-state index contributed by atoms with van der Waals surface area (Å²) < 4.78 is 6.80. The quantitative estimate of drug-likeness (QED) is 0.255. The highest BCUT2D eigenvalue weighted by Gasteiger charge is 2.26. The molecular weight excluding hydrogens is 503 g/mol. The van der Waals surface area contributed by atoms with Crippen molar-refractivity contribution in [1.29, 1.82) is 0 Å². The Kier molecular flexibility index (Phi) is 7.63. The molecule has 3 aromatic rings. The Morgan fingerprint density at radius 3 is 2.73 bits per heavy atom. The van der Waals surface area contributed by atoms with E-state index in [9.17, 15) is 9.59 Å². The standard InChI is InChI=1S/C22H22Cl2N4O3S2/c1-28-19(12-8-9-14(23)15(24)10-12)26-27-22(28)32-11-17(29)25-20-18(21(30)31-2)13-6-4-3-5-7-16(13)33-20/h8-10H,3-7,11H2,1-2H3,(H,25,29). The van der Waals surface area contributed by atoms with Gasteiger partial charge in [-0.1, -0.05) is 41.4 Å². The summed E-state index contributed by atoms with van der Waals surface area (Å²) in [6.07, 6.45) is 5.01. The molecule has 4 rings (SSSR count). The molecule has 174 valence electrons. The summed E-state index contributed by atoms with van der Waals surface area (Å²) in [7, 11) is 3.19. The van der Waals surface area contributed by atoms with E-state index in [1.54, 1.807) is 16.7 Å². The molecule has 1 amide bonds. The van der Waals surface area contributed by atoms with Gasteiger partial charge in [0.05, 0.1) is 28.5 Å². The van der Waals surface area contributed by atoms with E-state index in [1.807, 2.05) is 13.1 Å². The third-order valence-corrected chi connectivity index (χ3v) is 8.38. The van der Waals surface area contributed by atoms with Crippen LogP contribution in [0.2, 0.25) is 10.0 Å². The van der Waals surface area contributed by atoms with Crippen LogP contribution in [0.5, 0.6) is 0 Å². The van der Waals surface area contributed by atoms with Crippen molar-refractivity contribution in [2.75, 3.05) is 18.2 Å². The van der Waals surface area contributed by atoms with Crippen molar-refractivity contribution in [3.8, 4) is 11.4 Å². The SMILES string of the molecule is COC(=O)c1c(NC(=O)CSc2nnc(-c3ccc(Cl)c(Cl)c3)n2C)sc2c1CCCCC2. The first-order valence-corrected chi connectivity index (χ1v) is 12.9. The summed E-state index contributed by atoms with van der Waals surface area (Å²) in [4.78, 5) is 26.4. The van der Waals surface area contributed by atoms with Gasteiger partial charge in [-0.2, -0.15) is 0 Å². The van der Waals surface area contributed by atoms with Crippen LogP contribution < -0.4 is 5.32 Å². The monoisotopic (exact) mass is 524 g/mol. The number of fused-ring (bicyclic) bond motifs is 1. The first kappa shape index (κ1) is 24.1. The third kappa shape index (κ3) is 5.21. The fraction of sp³-hybridized carbons (Fsp3) is 0.364. The van der Waals surface area contributed by atoms with Crippen LogP contribution in [0.1, 0.15) is 40.1 Å². The maximum absolute atomic E-state index is 12.7. The number of amides is 1. The molecule has 7 nitrogen and oxygen atoms in total. The van der Waals surface area contributed by atoms with Gasteiger partial charge < -0.3 is 14.6 Å². The number of carbonyl (C=O) groups is 2. The van der Waals surface area contributed by atoms with Gasteiger partial charge in [-0.15, -0.1) is 21.5 Å². The fourth-order valence-electron chi connectivity index (χ4n) is 3.77. The number of halogens is 2. The molecule has 2 aromatic heterocycles. The zero-order chi connectivity index (χ0) is 23.5. The van der Waals surface area contributed by atoms with Gasteiger partial charge >= 0.3 is 5.97 Å².